The summed E-state index contributed by atoms with van der Waals surface area (Å²) < 4.78 is 0. The molecule has 2 aliphatic carbocycles. The van der Waals surface area contributed by atoms with Crippen molar-refractivity contribution in [2.24, 2.45) is 17.8 Å². The van der Waals surface area contributed by atoms with E-state index in [2.05, 4.69) is 5.32 Å². The van der Waals surface area contributed by atoms with Gasteiger partial charge in [-0.2, -0.15) is 0 Å². The molecule has 4 heteroatoms. The minimum atomic E-state index is 0.150. The molecule has 112 valence electrons. The Morgan fingerprint density at radius 2 is 1.90 bits per heavy atom. The Labute approximate surface area is 121 Å². The minimum Gasteiger partial charge on any atom is -0.356 e. The van der Waals surface area contributed by atoms with Gasteiger partial charge in [0.1, 0.15) is 0 Å². The van der Waals surface area contributed by atoms with E-state index in [0.29, 0.717) is 25.3 Å². The fraction of sp³-hybridized carbons (Fsp3) is 0.875. The predicted octanol–water partition coefficient (Wildman–Crippen LogP) is 1.94. The van der Waals surface area contributed by atoms with Crippen LogP contribution in [0.5, 0.6) is 0 Å². The van der Waals surface area contributed by atoms with Crippen molar-refractivity contribution in [3.8, 4) is 0 Å². The number of nitrogens with one attached hydrogen (secondary N) is 1. The van der Waals surface area contributed by atoms with Gasteiger partial charge >= 0.3 is 0 Å². The second-order valence-electron chi connectivity index (χ2n) is 6.83. The number of carbonyl (C=O) groups is 2. The average molecular weight is 278 g/mol. The van der Waals surface area contributed by atoms with Crippen molar-refractivity contribution in [2.45, 2.75) is 51.4 Å². The van der Waals surface area contributed by atoms with E-state index < -0.39 is 0 Å². The zero-order chi connectivity index (χ0) is 13.9. The Kier molecular flexibility index (Phi) is 4.27. The fourth-order valence-corrected chi connectivity index (χ4v) is 4.37. The highest BCUT2D eigenvalue weighted by molar-refractivity contribution is 5.79. The van der Waals surface area contributed by atoms with Crippen LogP contribution in [-0.2, 0) is 9.59 Å². The van der Waals surface area contributed by atoms with Gasteiger partial charge in [-0.1, -0.05) is 6.42 Å². The Hall–Kier alpha value is -1.06. The second-order valence-corrected chi connectivity index (χ2v) is 6.83. The highest BCUT2D eigenvalue weighted by atomic mass is 16.2. The number of nitrogens with zero attached hydrogens (tertiary/aromatic N) is 1. The van der Waals surface area contributed by atoms with E-state index in [9.17, 15) is 9.59 Å². The first-order chi connectivity index (χ1) is 9.72. The summed E-state index contributed by atoms with van der Waals surface area (Å²) >= 11 is 0. The summed E-state index contributed by atoms with van der Waals surface area (Å²) in [6.07, 6.45) is 8.71. The summed E-state index contributed by atoms with van der Waals surface area (Å²) in [4.78, 5) is 25.7. The number of carbonyl (C=O) groups excluding carboxylic acids is 2. The van der Waals surface area contributed by atoms with Gasteiger partial charge in [-0.3, -0.25) is 9.59 Å². The normalized spacial score (nSPS) is 31.8. The number of amides is 2. The molecule has 1 saturated heterocycles. The van der Waals surface area contributed by atoms with Gasteiger partial charge in [-0.05, 0) is 49.9 Å². The Bertz CT molecular complexity index is 377. The topological polar surface area (TPSA) is 49.4 Å². The lowest BCUT2D eigenvalue weighted by Crippen LogP contribution is -2.33. The SMILES string of the molecule is O=C(CC1CC2CCC1C2)NCCC(=O)N1CCCC1. The van der Waals surface area contributed by atoms with Crippen molar-refractivity contribution < 1.29 is 9.59 Å². The van der Waals surface area contributed by atoms with E-state index >= 15 is 0 Å². The monoisotopic (exact) mass is 278 g/mol. The number of fused-ring (bicyclic) bond motifs is 2. The molecule has 1 N–H and O–H groups in total. The quantitative estimate of drug-likeness (QED) is 0.835. The molecule has 0 aromatic rings. The molecule has 3 aliphatic rings. The van der Waals surface area contributed by atoms with Crippen LogP contribution >= 0.6 is 0 Å². The molecule has 2 saturated carbocycles. The summed E-state index contributed by atoms with van der Waals surface area (Å²) in [6, 6.07) is 0. The Morgan fingerprint density at radius 1 is 1.10 bits per heavy atom. The fourth-order valence-electron chi connectivity index (χ4n) is 4.37. The number of likely N-dealkylation sites (tertiary alicyclic amines) is 1. The van der Waals surface area contributed by atoms with E-state index in [0.717, 1.165) is 37.8 Å². The van der Waals surface area contributed by atoms with Crippen molar-refractivity contribution in [1.29, 1.82) is 0 Å². The standard InChI is InChI=1S/C16H26N2O2/c19-15(11-14-10-12-3-4-13(14)9-12)17-6-5-16(20)18-7-1-2-8-18/h12-14H,1-11H2,(H,17,19). The molecular formula is C16H26N2O2. The molecule has 1 heterocycles. The molecule has 3 rings (SSSR count). The smallest absolute Gasteiger partial charge is 0.224 e. The summed E-state index contributed by atoms with van der Waals surface area (Å²) in [7, 11) is 0. The summed E-state index contributed by atoms with van der Waals surface area (Å²) in [5.41, 5.74) is 0. The maximum absolute atomic E-state index is 11.9. The molecule has 2 bridgehead atoms. The minimum absolute atomic E-state index is 0.150. The van der Waals surface area contributed by atoms with Crippen LogP contribution in [0.15, 0.2) is 0 Å². The molecular weight excluding hydrogens is 252 g/mol. The molecule has 0 aromatic heterocycles. The molecule has 4 nitrogen and oxygen atoms in total. The van der Waals surface area contributed by atoms with Crippen LogP contribution in [0.2, 0.25) is 0 Å². The zero-order valence-corrected chi connectivity index (χ0v) is 12.3. The molecule has 2 amide bonds. The van der Waals surface area contributed by atoms with Crippen LogP contribution in [0, 0.1) is 17.8 Å². The van der Waals surface area contributed by atoms with Crippen LogP contribution in [0.25, 0.3) is 0 Å². The molecule has 3 atom stereocenters. The highest BCUT2D eigenvalue weighted by Gasteiger charge is 2.40. The van der Waals surface area contributed by atoms with Gasteiger partial charge in [0, 0.05) is 32.5 Å². The van der Waals surface area contributed by atoms with Gasteiger partial charge in [0.25, 0.3) is 0 Å². The largest absolute Gasteiger partial charge is 0.356 e. The maximum Gasteiger partial charge on any atom is 0.224 e. The van der Waals surface area contributed by atoms with Crippen molar-refractivity contribution >= 4 is 11.8 Å². The average Bonchev–Trinajstić information content (AvgIpc) is 3.16. The van der Waals surface area contributed by atoms with E-state index in [1.807, 2.05) is 4.90 Å². The number of hydrogen-bond acceptors (Lipinski definition) is 2. The molecule has 20 heavy (non-hydrogen) atoms. The van der Waals surface area contributed by atoms with Crippen molar-refractivity contribution in [2.75, 3.05) is 19.6 Å². The van der Waals surface area contributed by atoms with Crippen molar-refractivity contribution in [3.63, 3.8) is 0 Å². The van der Waals surface area contributed by atoms with Crippen LogP contribution in [0.1, 0.15) is 51.4 Å². The molecule has 0 aromatic carbocycles. The summed E-state index contributed by atoms with van der Waals surface area (Å²) in [6.45, 7) is 2.31. The van der Waals surface area contributed by atoms with Gasteiger partial charge in [-0.15, -0.1) is 0 Å². The van der Waals surface area contributed by atoms with Crippen molar-refractivity contribution in [3.05, 3.63) is 0 Å². The van der Waals surface area contributed by atoms with Gasteiger partial charge < -0.3 is 10.2 Å². The third-order valence-corrected chi connectivity index (χ3v) is 5.45. The number of hydrogen-bond donors (Lipinski definition) is 1. The van der Waals surface area contributed by atoms with Crippen LogP contribution < -0.4 is 5.32 Å². The second kappa shape index (κ2) is 6.15. The molecule has 3 unspecified atom stereocenters. The first-order valence-electron chi connectivity index (χ1n) is 8.27. The Balaban J connectivity index is 1.32. The summed E-state index contributed by atoms with van der Waals surface area (Å²) in [5, 5.41) is 2.94. The molecule has 1 aliphatic heterocycles. The molecule has 3 fully saturated rings. The van der Waals surface area contributed by atoms with Gasteiger partial charge in [0.2, 0.25) is 11.8 Å². The maximum atomic E-state index is 11.9. The van der Waals surface area contributed by atoms with E-state index in [1.165, 1.54) is 25.7 Å². The van der Waals surface area contributed by atoms with E-state index in [-0.39, 0.29) is 11.8 Å². The lowest BCUT2D eigenvalue weighted by Gasteiger charge is -2.21. The van der Waals surface area contributed by atoms with E-state index in [1.54, 1.807) is 0 Å². The third-order valence-electron chi connectivity index (χ3n) is 5.45. The van der Waals surface area contributed by atoms with Crippen LogP contribution in [-0.4, -0.2) is 36.3 Å². The summed E-state index contributed by atoms with van der Waals surface area (Å²) in [5.74, 6) is 2.66. The van der Waals surface area contributed by atoms with Gasteiger partial charge in [-0.25, -0.2) is 0 Å². The highest BCUT2D eigenvalue weighted by Crippen LogP contribution is 2.49. The predicted molar refractivity (Wildman–Crippen MR) is 77.0 cm³/mol. The number of rotatable bonds is 5. The third kappa shape index (κ3) is 3.15. The van der Waals surface area contributed by atoms with E-state index in [4.69, 9.17) is 0 Å². The van der Waals surface area contributed by atoms with Crippen LogP contribution in [0.3, 0.4) is 0 Å². The van der Waals surface area contributed by atoms with Crippen molar-refractivity contribution in [1.82, 2.24) is 10.2 Å². The van der Waals surface area contributed by atoms with Gasteiger partial charge in [0.05, 0.1) is 0 Å². The first kappa shape index (κ1) is 13.9. The Morgan fingerprint density at radius 3 is 2.55 bits per heavy atom. The first-order valence-corrected chi connectivity index (χ1v) is 8.27. The molecule has 0 radical (unpaired) electrons. The zero-order valence-electron chi connectivity index (χ0n) is 12.3. The lowest BCUT2D eigenvalue weighted by molar-refractivity contribution is -0.130. The van der Waals surface area contributed by atoms with Gasteiger partial charge in [0.15, 0.2) is 0 Å². The molecule has 0 spiro atoms. The van der Waals surface area contributed by atoms with Crippen LogP contribution in [0.4, 0.5) is 0 Å². The lowest BCUT2D eigenvalue weighted by atomic mass is 9.86.